The molecule has 94 valence electrons. The van der Waals surface area contributed by atoms with Crippen molar-refractivity contribution < 1.29 is 5.11 Å². The number of nitrogens with zero attached hydrogens (tertiary/aromatic N) is 1. The van der Waals surface area contributed by atoms with E-state index in [1.54, 1.807) is 0 Å². The number of aryl methyl sites for hydroxylation is 1. The fourth-order valence-electron chi connectivity index (χ4n) is 2.49. The Morgan fingerprint density at radius 2 is 2.24 bits per heavy atom. The summed E-state index contributed by atoms with van der Waals surface area (Å²) >= 11 is 3.44. The predicted octanol–water partition coefficient (Wildman–Crippen LogP) is 2.97. The Bertz CT molecular complexity index is 384. The molecule has 1 fully saturated rings. The number of aromatic nitrogens is 1. The molecule has 0 aromatic carbocycles. The van der Waals surface area contributed by atoms with E-state index in [0.717, 1.165) is 23.3 Å². The molecule has 2 unspecified atom stereocenters. The van der Waals surface area contributed by atoms with E-state index < -0.39 is 0 Å². The summed E-state index contributed by atoms with van der Waals surface area (Å²) in [6, 6.07) is 2.05. The number of aliphatic hydroxyl groups excluding tert-OH is 1. The summed E-state index contributed by atoms with van der Waals surface area (Å²) in [6.07, 6.45) is 5.45. The average Bonchev–Trinajstić information content (AvgIpc) is 2.78. The van der Waals surface area contributed by atoms with Gasteiger partial charge in [-0.15, -0.1) is 0 Å². The van der Waals surface area contributed by atoms with E-state index in [1.165, 1.54) is 18.4 Å². The number of aliphatic hydroxyl groups is 1. The highest BCUT2D eigenvalue weighted by molar-refractivity contribution is 9.10. The van der Waals surface area contributed by atoms with Crippen LogP contribution in [0.2, 0.25) is 0 Å². The van der Waals surface area contributed by atoms with E-state index in [1.807, 2.05) is 12.3 Å². The van der Waals surface area contributed by atoms with Gasteiger partial charge in [0.1, 0.15) is 5.82 Å². The third-order valence-electron chi connectivity index (χ3n) is 3.64. The standard InChI is InChI=1S/C13H19BrN2O/c1-9-5-13(16-7-12(9)14)15-6-10-3-2-4-11(10)8-17/h5,7,10-11,17H,2-4,6,8H2,1H3,(H,15,16). The molecular weight excluding hydrogens is 280 g/mol. The lowest BCUT2D eigenvalue weighted by molar-refractivity contribution is 0.199. The van der Waals surface area contributed by atoms with Crippen molar-refractivity contribution in [2.45, 2.75) is 26.2 Å². The second-order valence-electron chi connectivity index (χ2n) is 4.83. The molecule has 1 aromatic heterocycles. The normalized spacial score (nSPS) is 23.9. The molecule has 0 radical (unpaired) electrons. The van der Waals surface area contributed by atoms with Crippen molar-refractivity contribution in [3.8, 4) is 0 Å². The second kappa shape index (κ2) is 5.83. The molecule has 0 amide bonds. The molecule has 4 heteroatoms. The first kappa shape index (κ1) is 12.8. The number of hydrogen-bond donors (Lipinski definition) is 2. The van der Waals surface area contributed by atoms with Crippen molar-refractivity contribution in [3.63, 3.8) is 0 Å². The number of nitrogens with one attached hydrogen (secondary N) is 1. The number of halogens is 1. The Morgan fingerprint density at radius 3 is 2.94 bits per heavy atom. The molecule has 2 rings (SSSR count). The van der Waals surface area contributed by atoms with Crippen LogP contribution in [0, 0.1) is 18.8 Å². The largest absolute Gasteiger partial charge is 0.396 e. The first-order valence-electron chi connectivity index (χ1n) is 6.17. The minimum Gasteiger partial charge on any atom is -0.396 e. The second-order valence-corrected chi connectivity index (χ2v) is 5.69. The smallest absolute Gasteiger partial charge is 0.126 e. The SMILES string of the molecule is Cc1cc(NCC2CCCC2CO)ncc1Br. The molecule has 0 aliphatic heterocycles. The highest BCUT2D eigenvalue weighted by Crippen LogP contribution is 2.31. The average molecular weight is 299 g/mol. The van der Waals surface area contributed by atoms with Gasteiger partial charge in [-0.3, -0.25) is 0 Å². The van der Waals surface area contributed by atoms with Gasteiger partial charge in [0.15, 0.2) is 0 Å². The van der Waals surface area contributed by atoms with Gasteiger partial charge >= 0.3 is 0 Å². The summed E-state index contributed by atoms with van der Waals surface area (Å²) in [4.78, 5) is 4.33. The Kier molecular flexibility index (Phi) is 4.40. The van der Waals surface area contributed by atoms with Gasteiger partial charge in [-0.2, -0.15) is 0 Å². The molecule has 0 spiro atoms. The van der Waals surface area contributed by atoms with Crippen LogP contribution in [0.5, 0.6) is 0 Å². The summed E-state index contributed by atoms with van der Waals surface area (Å²) in [5.41, 5.74) is 1.19. The minimum atomic E-state index is 0.319. The van der Waals surface area contributed by atoms with Crippen molar-refractivity contribution in [2.75, 3.05) is 18.5 Å². The molecule has 3 nitrogen and oxygen atoms in total. The summed E-state index contributed by atoms with van der Waals surface area (Å²) in [5.74, 6) is 1.99. The Hall–Kier alpha value is -0.610. The van der Waals surface area contributed by atoms with E-state index in [0.29, 0.717) is 18.4 Å². The van der Waals surface area contributed by atoms with Gasteiger partial charge in [0.2, 0.25) is 0 Å². The van der Waals surface area contributed by atoms with Gasteiger partial charge < -0.3 is 10.4 Å². The maximum atomic E-state index is 9.26. The van der Waals surface area contributed by atoms with Crippen LogP contribution in [-0.2, 0) is 0 Å². The topological polar surface area (TPSA) is 45.1 Å². The van der Waals surface area contributed by atoms with E-state index in [9.17, 15) is 5.11 Å². The number of rotatable bonds is 4. The summed E-state index contributed by atoms with van der Waals surface area (Å²) in [6.45, 7) is 3.29. The first-order chi connectivity index (χ1) is 8.20. The first-order valence-corrected chi connectivity index (χ1v) is 6.97. The molecule has 1 saturated carbocycles. The molecule has 17 heavy (non-hydrogen) atoms. The quantitative estimate of drug-likeness (QED) is 0.898. The fraction of sp³-hybridized carbons (Fsp3) is 0.615. The van der Waals surface area contributed by atoms with Crippen LogP contribution in [0.4, 0.5) is 5.82 Å². The van der Waals surface area contributed by atoms with Crippen molar-refractivity contribution in [1.82, 2.24) is 4.98 Å². The van der Waals surface area contributed by atoms with Crippen LogP contribution in [0.3, 0.4) is 0 Å². The van der Waals surface area contributed by atoms with E-state index >= 15 is 0 Å². The van der Waals surface area contributed by atoms with Gasteiger partial charge in [-0.05, 0) is 59.2 Å². The highest BCUT2D eigenvalue weighted by atomic mass is 79.9. The van der Waals surface area contributed by atoms with Crippen LogP contribution >= 0.6 is 15.9 Å². The van der Waals surface area contributed by atoms with E-state index in [2.05, 4.69) is 33.2 Å². The van der Waals surface area contributed by atoms with Gasteiger partial charge in [0, 0.05) is 23.8 Å². The number of hydrogen-bond acceptors (Lipinski definition) is 3. The van der Waals surface area contributed by atoms with Crippen LogP contribution in [-0.4, -0.2) is 23.2 Å². The van der Waals surface area contributed by atoms with Crippen LogP contribution < -0.4 is 5.32 Å². The van der Waals surface area contributed by atoms with Crippen LogP contribution in [0.15, 0.2) is 16.7 Å². The van der Waals surface area contributed by atoms with Crippen molar-refractivity contribution in [3.05, 3.63) is 22.3 Å². The van der Waals surface area contributed by atoms with Gasteiger partial charge in [-0.1, -0.05) is 6.42 Å². The van der Waals surface area contributed by atoms with Crippen molar-refractivity contribution >= 4 is 21.7 Å². The van der Waals surface area contributed by atoms with Gasteiger partial charge in [0.25, 0.3) is 0 Å². The molecule has 1 heterocycles. The van der Waals surface area contributed by atoms with Crippen molar-refractivity contribution in [2.24, 2.45) is 11.8 Å². The maximum absolute atomic E-state index is 9.26. The molecule has 1 aromatic rings. The molecule has 2 atom stereocenters. The third-order valence-corrected chi connectivity index (χ3v) is 4.47. The Labute approximate surface area is 111 Å². The Balaban J connectivity index is 1.91. The lowest BCUT2D eigenvalue weighted by Crippen LogP contribution is -2.21. The summed E-state index contributed by atoms with van der Waals surface area (Å²) in [7, 11) is 0. The van der Waals surface area contributed by atoms with Crippen LogP contribution in [0.1, 0.15) is 24.8 Å². The van der Waals surface area contributed by atoms with Crippen LogP contribution in [0.25, 0.3) is 0 Å². The predicted molar refractivity (Wildman–Crippen MR) is 73.1 cm³/mol. The molecule has 1 aliphatic carbocycles. The lowest BCUT2D eigenvalue weighted by atomic mass is 9.97. The van der Waals surface area contributed by atoms with Crippen molar-refractivity contribution in [1.29, 1.82) is 0 Å². The van der Waals surface area contributed by atoms with Gasteiger partial charge in [-0.25, -0.2) is 4.98 Å². The molecule has 0 bridgehead atoms. The molecular formula is C13H19BrN2O. The fourth-order valence-corrected chi connectivity index (χ4v) is 2.71. The number of anilines is 1. The zero-order valence-electron chi connectivity index (χ0n) is 10.1. The molecule has 1 aliphatic rings. The zero-order valence-corrected chi connectivity index (χ0v) is 11.7. The van der Waals surface area contributed by atoms with E-state index in [4.69, 9.17) is 0 Å². The molecule has 2 N–H and O–H groups in total. The summed E-state index contributed by atoms with van der Waals surface area (Å²) < 4.78 is 1.04. The third kappa shape index (κ3) is 3.19. The minimum absolute atomic E-state index is 0.319. The number of pyridine rings is 1. The van der Waals surface area contributed by atoms with E-state index in [-0.39, 0.29) is 0 Å². The zero-order chi connectivity index (χ0) is 12.3. The highest BCUT2D eigenvalue weighted by Gasteiger charge is 2.26. The van der Waals surface area contributed by atoms with Gasteiger partial charge in [0.05, 0.1) is 0 Å². The Morgan fingerprint density at radius 1 is 1.47 bits per heavy atom. The summed E-state index contributed by atoms with van der Waals surface area (Å²) in [5, 5.41) is 12.6. The maximum Gasteiger partial charge on any atom is 0.126 e. The molecule has 0 saturated heterocycles. The lowest BCUT2D eigenvalue weighted by Gasteiger charge is -2.18. The monoisotopic (exact) mass is 298 g/mol.